The molecule has 0 aromatic heterocycles. The fraction of sp³-hybridized carbons (Fsp3) is 0.441. The van der Waals surface area contributed by atoms with Gasteiger partial charge in [0, 0.05) is 69.1 Å². The molecule has 242 valence electrons. The summed E-state index contributed by atoms with van der Waals surface area (Å²) in [5, 5.41) is 11.5. The van der Waals surface area contributed by atoms with Crippen LogP contribution in [-0.4, -0.2) is 97.4 Å². The van der Waals surface area contributed by atoms with E-state index >= 15 is 4.39 Å². The third kappa shape index (κ3) is 8.28. The van der Waals surface area contributed by atoms with Gasteiger partial charge in [0.1, 0.15) is 5.82 Å². The second-order valence-corrected chi connectivity index (χ2v) is 14.5. The summed E-state index contributed by atoms with van der Waals surface area (Å²) in [5.74, 6) is -1.33. The number of hydrogen-bond donors (Lipinski definition) is 1. The van der Waals surface area contributed by atoms with Crippen molar-refractivity contribution < 1.29 is 27.4 Å². The minimum absolute atomic E-state index is 0.00842. The monoisotopic (exact) mass is 638 g/mol. The highest BCUT2D eigenvalue weighted by Gasteiger charge is 2.32. The van der Waals surface area contributed by atoms with Crippen molar-refractivity contribution in [1.82, 2.24) is 14.7 Å². The molecule has 0 amide bonds. The molecule has 3 atom stereocenters. The van der Waals surface area contributed by atoms with Crippen LogP contribution in [0, 0.1) is 5.82 Å². The van der Waals surface area contributed by atoms with Crippen molar-refractivity contribution in [2.24, 2.45) is 0 Å². The molecule has 0 spiro atoms. The van der Waals surface area contributed by atoms with Crippen LogP contribution in [0.4, 0.5) is 10.1 Å². The quantitative estimate of drug-likeness (QED) is 0.264. The molecule has 2 heterocycles. The van der Waals surface area contributed by atoms with Crippen molar-refractivity contribution in [3.05, 3.63) is 101 Å². The number of methoxy groups -OCH3 is 1. The molecule has 2 aliphatic heterocycles. The maximum absolute atomic E-state index is 15.2. The summed E-state index contributed by atoms with van der Waals surface area (Å²) >= 11 is 0. The molecule has 3 aromatic carbocycles. The fourth-order valence-electron chi connectivity index (χ4n) is 6.32. The highest BCUT2D eigenvalue weighted by molar-refractivity contribution is 7.91. The first-order valence-electron chi connectivity index (χ1n) is 15.4. The zero-order chi connectivity index (χ0) is 32.1. The molecule has 2 aliphatic rings. The number of aliphatic hydroxyl groups is 1. The number of esters is 1. The molecule has 1 unspecified atom stereocenters. The number of carbonyl (C=O) groups is 1. The van der Waals surface area contributed by atoms with Gasteiger partial charge in [0.25, 0.3) is 0 Å². The second kappa shape index (κ2) is 14.4. The summed E-state index contributed by atoms with van der Waals surface area (Å²) in [7, 11) is -1.91. The molecule has 0 bridgehead atoms. The van der Waals surface area contributed by atoms with Crippen LogP contribution in [0.25, 0.3) is 0 Å². The number of piperazine rings is 1. The molecule has 45 heavy (non-hydrogen) atoms. The maximum Gasteiger partial charge on any atom is 0.337 e. The highest BCUT2D eigenvalue weighted by atomic mass is 32.2. The number of nitrogens with zero attached hydrogens (tertiary/aromatic N) is 4. The van der Waals surface area contributed by atoms with E-state index in [1.54, 1.807) is 9.80 Å². The van der Waals surface area contributed by atoms with E-state index in [-0.39, 0.29) is 42.3 Å². The van der Waals surface area contributed by atoms with Gasteiger partial charge in [-0.05, 0) is 49.2 Å². The Morgan fingerprint density at radius 1 is 0.956 bits per heavy atom. The molecule has 0 radical (unpaired) electrons. The van der Waals surface area contributed by atoms with Crippen LogP contribution < -0.4 is 4.90 Å². The van der Waals surface area contributed by atoms with Crippen LogP contribution in [0.3, 0.4) is 0 Å². The molecule has 0 aliphatic carbocycles. The lowest BCUT2D eigenvalue weighted by atomic mass is 10.0. The average molecular weight is 639 g/mol. The van der Waals surface area contributed by atoms with Crippen LogP contribution in [-0.2, 0) is 34.2 Å². The van der Waals surface area contributed by atoms with Crippen LogP contribution >= 0.6 is 0 Å². The zero-order valence-corrected chi connectivity index (χ0v) is 27.0. The lowest BCUT2D eigenvalue weighted by molar-refractivity contribution is 0.00587. The minimum atomic E-state index is -3.15. The summed E-state index contributed by atoms with van der Waals surface area (Å²) < 4.78 is 43.9. The third-order valence-electron chi connectivity index (χ3n) is 8.86. The van der Waals surface area contributed by atoms with Gasteiger partial charge < -0.3 is 14.7 Å². The molecule has 2 saturated heterocycles. The molecule has 2 fully saturated rings. The zero-order valence-electron chi connectivity index (χ0n) is 26.2. The summed E-state index contributed by atoms with van der Waals surface area (Å²) in [6.45, 7) is 8.55. The smallest absolute Gasteiger partial charge is 0.337 e. The summed E-state index contributed by atoms with van der Waals surface area (Å²) in [6.07, 6.45) is -1.18. The van der Waals surface area contributed by atoms with E-state index in [1.807, 2.05) is 30.3 Å². The number of carbonyl (C=O) groups excluding carboxylic acids is 1. The van der Waals surface area contributed by atoms with Crippen LogP contribution in [0.2, 0.25) is 0 Å². The van der Waals surface area contributed by atoms with Crippen molar-refractivity contribution in [2.75, 3.05) is 49.7 Å². The number of sulfone groups is 1. The van der Waals surface area contributed by atoms with Gasteiger partial charge in [-0.3, -0.25) is 14.7 Å². The number of halogens is 1. The Kier molecular flexibility index (Phi) is 10.6. The first-order valence-corrected chi connectivity index (χ1v) is 17.2. The Morgan fingerprint density at radius 3 is 2.18 bits per heavy atom. The lowest BCUT2D eigenvalue weighted by Crippen LogP contribution is -2.55. The summed E-state index contributed by atoms with van der Waals surface area (Å²) in [5.41, 5.74) is 3.50. The molecule has 0 saturated carbocycles. The summed E-state index contributed by atoms with van der Waals surface area (Å²) in [6, 6.07) is 23.3. The van der Waals surface area contributed by atoms with Gasteiger partial charge in [-0.15, -0.1) is 0 Å². The second-order valence-electron chi connectivity index (χ2n) is 12.2. The van der Waals surface area contributed by atoms with E-state index in [0.717, 1.165) is 37.8 Å². The van der Waals surface area contributed by atoms with Crippen molar-refractivity contribution in [3.8, 4) is 0 Å². The minimum Gasteiger partial charge on any atom is -0.465 e. The standard InChI is InChI=1S/C34H43FN4O5S/c1-25-20-36(22-27-7-5-4-6-8-27)21-26(2)38(25)23-28-9-13-31(14-10-28)39(34(41)37-15-17-45(42,43)18-16-37)24-30-12-11-29(19-32(30)35)33(40)44-3/h4-14,19,25-26,34,41H,15-18,20-24H2,1-3H3/t25-,26+,34?. The number of benzene rings is 3. The van der Waals surface area contributed by atoms with E-state index in [9.17, 15) is 18.3 Å². The lowest BCUT2D eigenvalue weighted by Gasteiger charge is -2.44. The molecular formula is C34H43FN4O5S. The molecule has 3 aromatic rings. The van der Waals surface area contributed by atoms with Gasteiger partial charge >= 0.3 is 5.97 Å². The summed E-state index contributed by atoms with van der Waals surface area (Å²) in [4.78, 5) is 20.3. The SMILES string of the molecule is COC(=O)c1ccc(CN(c2ccc(CN3[C@H](C)CN(Cc4ccccc4)C[C@@H]3C)cc2)C(O)N2CCS(=O)(=O)CC2)c(F)c1. The van der Waals surface area contributed by atoms with Crippen molar-refractivity contribution >= 4 is 21.5 Å². The van der Waals surface area contributed by atoms with Gasteiger partial charge in [0.2, 0.25) is 0 Å². The molecule has 5 rings (SSSR count). The Bertz CT molecular complexity index is 1530. The fourth-order valence-corrected chi connectivity index (χ4v) is 7.55. The first-order chi connectivity index (χ1) is 21.5. The molecule has 9 nitrogen and oxygen atoms in total. The molecule has 1 N–H and O–H groups in total. The van der Waals surface area contributed by atoms with Crippen molar-refractivity contribution in [3.63, 3.8) is 0 Å². The van der Waals surface area contributed by atoms with E-state index in [4.69, 9.17) is 4.74 Å². The van der Waals surface area contributed by atoms with Gasteiger partial charge in [0.15, 0.2) is 16.2 Å². The number of ether oxygens (including phenoxy) is 1. The van der Waals surface area contributed by atoms with Crippen LogP contribution in [0.15, 0.2) is 72.8 Å². The van der Waals surface area contributed by atoms with Crippen LogP contribution in [0.1, 0.15) is 40.9 Å². The predicted octanol–water partition coefficient (Wildman–Crippen LogP) is 3.72. The van der Waals surface area contributed by atoms with Gasteiger partial charge in [-0.1, -0.05) is 48.5 Å². The number of aliphatic hydroxyl groups excluding tert-OH is 1. The van der Waals surface area contributed by atoms with E-state index < -0.39 is 28.0 Å². The molecular weight excluding hydrogens is 595 g/mol. The van der Waals surface area contributed by atoms with Crippen LogP contribution in [0.5, 0.6) is 0 Å². The topological polar surface area (TPSA) is 93.6 Å². The Hall–Kier alpha value is -3.35. The Balaban J connectivity index is 1.31. The normalized spacial score (nSPS) is 21.7. The van der Waals surface area contributed by atoms with Gasteiger partial charge in [0.05, 0.1) is 24.2 Å². The third-order valence-corrected chi connectivity index (χ3v) is 10.5. The highest BCUT2D eigenvalue weighted by Crippen LogP contribution is 2.26. The predicted molar refractivity (Wildman–Crippen MR) is 173 cm³/mol. The number of rotatable bonds is 10. The van der Waals surface area contributed by atoms with E-state index in [0.29, 0.717) is 17.8 Å². The average Bonchev–Trinajstić information content (AvgIpc) is 3.02. The van der Waals surface area contributed by atoms with Gasteiger partial charge in [-0.2, -0.15) is 0 Å². The number of anilines is 1. The van der Waals surface area contributed by atoms with E-state index in [2.05, 4.69) is 47.9 Å². The largest absolute Gasteiger partial charge is 0.465 e. The Labute approximate surface area is 265 Å². The first kappa shape index (κ1) is 33.0. The van der Waals surface area contributed by atoms with E-state index in [1.165, 1.54) is 24.8 Å². The Morgan fingerprint density at radius 2 is 1.58 bits per heavy atom. The molecule has 11 heteroatoms. The van der Waals surface area contributed by atoms with Crippen molar-refractivity contribution in [1.29, 1.82) is 0 Å². The number of hydrogen-bond acceptors (Lipinski definition) is 9. The van der Waals surface area contributed by atoms with Gasteiger partial charge in [-0.25, -0.2) is 17.6 Å². The maximum atomic E-state index is 15.2. The van der Waals surface area contributed by atoms with Crippen molar-refractivity contribution in [2.45, 2.75) is 51.9 Å².